The van der Waals surface area contributed by atoms with Crippen molar-refractivity contribution in [2.45, 2.75) is 6.92 Å². The molecule has 0 bridgehead atoms. The van der Waals surface area contributed by atoms with Crippen molar-refractivity contribution >= 4 is 0 Å². The van der Waals surface area contributed by atoms with Crippen molar-refractivity contribution in [3.05, 3.63) is 17.8 Å². The number of nitrogens with zero attached hydrogens (tertiary/aromatic N) is 2. The number of methoxy groups -OCH3 is 1. The monoisotopic (exact) mass is 142 g/mol. The second kappa shape index (κ2) is 2.60. The molecule has 1 aromatic heterocycles. The van der Waals surface area contributed by atoms with Crippen LogP contribution in [-0.2, 0) is 0 Å². The smallest absolute Gasteiger partial charge is 0.275 e. The summed E-state index contributed by atoms with van der Waals surface area (Å²) in [6.07, 6.45) is 1.35. The third-order valence-electron chi connectivity index (χ3n) is 1.01. The van der Waals surface area contributed by atoms with Gasteiger partial charge in [0.2, 0.25) is 0 Å². The number of hydrogen-bond donors (Lipinski definition) is 0. The average molecular weight is 142 g/mol. The molecule has 1 heterocycles. The normalized spacial score (nSPS) is 9.50. The summed E-state index contributed by atoms with van der Waals surface area (Å²) in [5.41, 5.74) is 0.637. The van der Waals surface area contributed by atoms with E-state index in [1.165, 1.54) is 13.3 Å². The highest BCUT2D eigenvalue weighted by Crippen LogP contribution is 2.08. The first-order valence-corrected chi connectivity index (χ1v) is 2.77. The van der Waals surface area contributed by atoms with Crippen LogP contribution in [0.1, 0.15) is 5.69 Å². The topological polar surface area (TPSA) is 35.0 Å². The molecule has 10 heavy (non-hydrogen) atoms. The number of ether oxygens (including phenoxy) is 1. The molecule has 0 aliphatic rings. The Bertz CT molecular complexity index is 239. The Kier molecular flexibility index (Phi) is 1.80. The first-order valence-electron chi connectivity index (χ1n) is 2.77. The molecule has 0 atom stereocenters. The fourth-order valence-electron chi connectivity index (χ4n) is 0.570. The van der Waals surface area contributed by atoms with Crippen molar-refractivity contribution in [1.29, 1.82) is 0 Å². The first kappa shape index (κ1) is 6.92. The maximum atomic E-state index is 12.5. The van der Waals surface area contributed by atoms with Crippen LogP contribution in [0.15, 0.2) is 6.20 Å². The molecule has 0 amide bonds. The molecule has 0 saturated heterocycles. The molecule has 1 aromatic rings. The molecule has 0 spiro atoms. The van der Waals surface area contributed by atoms with Crippen molar-refractivity contribution < 1.29 is 9.13 Å². The minimum Gasteiger partial charge on any atom is -0.478 e. The molecule has 0 radical (unpaired) electrons. The Balaban J connectivity index is 3.09. The predicted molar refractivity (Wildman–Crippen MR) is 33.3 cm³/mol. The lowest BCUT2D eigenvalue weighted by molar-refractivity contribution is 0.359. The summed E-state index contributed by atoms with van der Waals surface area (Å²) in [7, 11) is 1.35. The molecule has 0 N–H and O–H groups in total. The maximum Gasteiger partial charge on any atom is 0.275 e. The molecular weight excluding hydrogens is 135 g/mol. The number of hydrogen-bond acceptors (Lipinski definition) is 3. The van der Waals surface area contributed by atoms with E-state index < -0.39 is 5.95 Å². The fourth-order valence-corrected chi connectivity index (χ4v) is 0.570. The number of aromatic nitrogens is 2. The quantitative estimate of drug-likeness (QED) is 0.585. The van der Waals surface area contributed by atoms with Gasteiger partial charge in [-0.05, 0) is 6.92 Å². The summed E-state index contributed by atoms with van der Waals surface area (Å²) in [4.78, 5) is 7.13. The van der Waals surface area contributed by atoms with E-state index in [9.17, 15) is 4.39 Å². The number of rotatable bonds is 1. The maximum absolute atomic E-state index is 12.5. The number of aryl methyl sites for hydroxylation is 1. The second-order valence-corrected chi connectivity index (χ2v) is 1.81. The van der Waals surface area contributed by atoms with Gasteiger partial charge in [0.25, 0.3) is 11.8 Å². The van der Waals surface area contributed by atoms with Gasteiger partial charge in [-0.1, -0.05) is 0 Å². The predicted octanol–water partition coefficient (Wildman–Crippen LogP) is 0.933. The van der Waals surface area contributed by atoms with E-state index in [-0.39, 0.29) is 5.88 Å². The minimum atomic E-state index is -0.673. The van der Waals surface area contributed by atoms with Gasteiger partial charge in [0.05, 0.1) is 19.0 Å². The van der Waals surface area contributed by atoms with Gasteiger partial charge < -0.3 is 4.74 Å². The van der Waals surface area contributed by atoms with Gasteiger partial charge in [-0.15, -0.1) is 0 Å². The lowest BCUT2D eigenvalue weighted by Crippen LogP contribution is -1.96. The Morgan fingerprint density at radius 3 is 2.80 bits per heavy atom. The third-order valence-corrected chi connectivity index (χ3v) is 1.01. The van der Waals surface area contributed by atoms with Crippen LogP contribution >= 0.6 is 0 Å². The van der Waals surface area contributed by atoms with Gasteiger partial charge in [-0.3, -0.25) is 0 Å². The zero-order chi connectivity index (χ0) is 7.56. The van der Waals surface area contributed by atoms with Crippen LogP contribution in [0.5, 0.6) is 5.88 Å². The molecule has 0 fully saturated rings. The van der Waals surface area contributed by atoms with E-state index in [0.29, 0.717) is 5.69 Å². The Labute approximate surface area is 57.9 Å². The average Bonchev–Trinajstić information content (AvgIpc) is 1.94. The highest BCUT2D eigenvalue weighted by molar-refractivity contribution is 5.08. The summed E-state index contributed by atoms with van der Waals surface area (Å²) in [5.74, 6) is -0.729. The Hall–Kier alpha value is -1.19. The zero-order valence-corrected chi connectivity index (χ0v) is 5.76. The van der Waals surface area contributed by atoms with E-state index in [0.717, 1.165) is 0 Å². The summed E-state index contributed by atoms with van der Waals surface area (Å²) in [6.45, 7) is 1.72. The standard InChI is InChI=1S/C6H7FN2O/c1-4-3-8-5(7)6(9-4)10-2/h3H,1-2H3. The van der Waals surface area contributed by atoms with Crippen LogP contribution in [0.4, 0.5) is 4.39 Å². The van der Waals surface area contributed by atoms with Gasteiger partial charge in [-0.25, -0.2) is 9.97 Å². The molecule has 1 rings (SSSR count). The van der Waals surface area contributed by atoms with E-state index >= 15 is 0 Å². The lowest BCUT2D eigenvalue weighted by atomic mass is 10.5. The largest absolute Gasteiger partial charge is 0.478 e. The molecular formula is C6H7FN2O. The zero-order valence-electron chi connectivity index (χ0n) is 5.76. The van der Waals surface area contributed by atoms with Crippen molar-refractivity contribution in [1.82, 2.24) is 9.97 Å². The van der Waals surface area contributed by atoms with Crippen LogP contribution in [0.3, 0.4) is 0 Å². The minimum absolute atomic E-state index is 0.0556. The molecule has 0 saturated carbocycles. The van der Waals surface area contributed by atoms with Crippen LogP contribution in [0.25, 0.3) is 0 Å². The highest BCUT2D eigenvalue weighted by atomic mass is 19.1. The second-order valence-electron chi connectivity index (χ2n) is 1.81. The molecule has 0 aromatic carbocycles. The summed E-state index contributed by atoms with van der Waals surface area (Å²) < 4.78 is 17.0. The summed E-state index contributed by atoms with van der Waals surface area (Å²) in [5, 5.41) is 0. The van der Waals surface area contributed by atoms with E-state index in [1.807, 2.05) is 0 Å². The summed E-state index contributed by atoms with van der Waals surface area (Å²) in [6, 6.07) is 0. The van der Waals surface area contributed by atoms with Crippen molar-refractivity contribution in [3.8, 4) is 5.88 Å². The van der Waals surface area contributed by atoms with E-state index in [4.69, 9.17) is 0 Å². The van der Waals surface area contributed by atoms with Crippen LogP contribution < -0.4 is 4.74 Å². The number of halogens is 1. The molecule has 0 aliphatic heterocycles. The van der Waals surface area contributed by atoms with Gasteiger partial charge in [-0.2, -0.15) is 4.39 Å². The van der Waals surface area contributed by atoms with Crippen LogP contribution in [0, 0.1) is 12.9 Å². The van der Waals surface area contributed by atoms with Crippen molar-refractivity contribution in [3.63, 3.8) is 0 Å². The molecule has 0 unspecified atom stereocenters. The van der Waals surface area contributed by atoms with E-state index in [1.54, 1.807) is 6.92 Å². The van der Waals surface area contributed by atoms with E-state index in [2.05, 4.69) is 14.7 Å². The van der Waals surface area contributed by atoms with Crippen LogP contribution in [-0.4, -0.2) is 17.1 Å². The van der Waals surface area contributed by atoms with Crippen molar-refractivity contribution in [2.75, 3.05) is 7.11 Å². The van der Waals surface area contributed by atoms with Crippen LogP contribution in [0.2, 0.25) is 0 Å². The highest BCUT2D eigenvalue weighted by Gasteiger charge is 2.03. The Morgan fingerprint density at radius 2 is 2.30 bits per heavy atom. The first-order chi connectivity index (χ1) is 4.74. The Morgan fingerprint density at radius 1 is 1.60 bits per heavy atom. The summed E-state index contributed by atoms with van der Waals surface area (Å²) >= 11 is 0. The SMILES string of the molecule is COc1nc(C)cnc1F. The lowest BCUT2D eigenvalue weighted by Gasteiger charge is -1.98. The molecule has 0 aliphatic carbocycles. The van der Waals surface area contributed by atoms with Crippen molar-refractivity contribution in [2.24, 2.45) is 0 Å². The molecule has 3 nitrogen and oxygen atoms in total. The van der Waals surface area contributed by atoms with Gasteiger partial charge in [0.15, 0.2) is 0 Å². The molecule has 4 heteroatoms. The molecule has 54 valence electrons. The van der Waals surface area contributed by atoms with Gasteiger partial charge in [0, 0.05) is 0 Å². The fraction of sp³-hybridized carbons (Fsp3) is 0.333. The third kappa shape index (κ3) is 1.21. The van der Waals surface area contributed by atoms with Gasteiger partial charge in [0.1, 0.15) is 0 Å². The van der Waals surface area contributed by atoms with Gasteiger partial charge >= 0.3 is 0 Å².